The van der Waals surface area contributed by atoms with Crippen molar-refractivity contribution in [2.45, 2.75) is 26.2 Å². The van der Waals surface area contributed by atoms with Crippen LogP contribution in [0.2, 0.25) is 0 Å². The van der Waals surface area contributed by atoms with Gasteiger partial charge < -0.3 is 10.0 Å². The molecule has 1 aliphatic rings. The molecule has 2 N–H and O–H groups in total. The minimum absolute atomic E-state index is 0.455. The summed E-state index contributed by atoms with van der Waals surface area (Å²) in [5.41, 5.74) is 0. The summed E-state index contributed by atoms with van der Waals surface area (Å²) in [6.07, 6.45) is 4.61. The topological polar surface area (TPSA) is 86.7 Å². The molecule has 0 atom stereocenters. The summed E-state index contributed by atoms with van der Waals surface area (Å²) in [4.78, 5) is 34.8. The van der Waals surface area contributed by atoms with Gasteiger partial charge in [-0.2, -0.15) is 0 Å². The molecule has 0 aromatic rings. The molecule has 1 fully saturated rings. The van der Waals surface area contributed by atoms with Gasteiger partial charge in [-0.05, 0) is 25.2 Å². The quantitative estimate of drug-likeness (QED) is 0.692. The first kappa shape index (κ1) is 14.2. The van der Waals surface area contributed by atoms with Crippen molar-refractivity contribution in [1.82, 2.24) is 10.2 Å². The molecular weight excluding hydrogens is 236 g/mol. The van der Waals surface area contributed by atoms with Crippen LogP contribution in [0.4, 0.5) is 4.79 Å². The lowest BCUT2D eigenvalue weighted by Gasteiger charge is -2.21. The fraction of sp³-hybridized carbons (Fsp3) is 0.583. The number of imide groups is 1. The van der Waals surface area contributed by atoms with Crippen molar-refractivity contribution < 1.29 is 19.5 Å². The number of carbonyl (C=O) groups excluding carboxylic acids is 2. The number of aliphatic carboxylic acids is 1. The number of nitrogens with zero attached hydrogens (tertiary/aromatic N) is 1. The maximum Gasteiger partial charge on any atom is 0.328 e. The van der Waals surface area contributed by atoms with E-state index in [0.717, 1.165) is 25.3 Å². The molecule has 18 heavy (non-hydrogen) atoms. The summed E-state index contributed by atoms with van der Waals surface area (Å²) in [5.74, 6) is -1.38. The summed E-state index contributed by atoms with van der Waals surface area (Å²) < 4.78 is 0. The molecule has 1 aliphatic carbocycles. The van der Waals surface area contributed by atoms with Crippen LogP contribution in [-0.2, 0) is 9.59 Å². The lowest BCUT2D eigenvalue weighted by atomic mass is 10.3. The highest BCUT2D eigenvalue weighted by molar-refractivity contribution is 6.02. The van der Waals surface area contributed by atoms with E-state index in [2.05, 4.69) is 5.32 Å². The van der Waals surface area contributed by atoms with Gasteiger partial charge in [-0.3, -0.25) is 10.1 Å². The van der Waals surface area contributed by atoms with Crippen molar-refractivity contribution in [3.05, 3.63) is 12.2 Å². The number of urea groups is 1. The number of carboxylic acid groups (broad SMARTS) is 1. The van der Waals surface area contributed by atoms with E-state index in [-0.39, 0.29) is 0 Å². The smallest absolute Gasteiger partial charge is 0.328 e. The average molecular weight is 254 g/mol. The number of rotatable bonds is 6. The summed E-state index contributed by atoms with van der Waals surface area (Å²) >= 11 is 0. The van der Waals surface area contributed by atoms with E-state index in [1.54, 1.807) is 4.90 Å². The lowest BCUT2D eigenvalue weighted by Crippen LogP contribution is -2.43. The second-order valence-corrected chi connectivity index (χ2v) is 4.36. The molecule has 0 spiro atoms. The monoisotopic (exact) mass is 254 g/mol. The van der Waals surface area contributed by atoms with Crippen LogP contribution in [0, 0.1) is 5.92 Å². The summed E-state index contributed by atoms with van der Waals surface area (Å²) in [7, 11) is 0. The molecule has 0 heterocycles. The van der Waals surface area contributed by atoms with Gasteiger partial charge in [0.25, 0.3) is 5.91 Å². The molecule has 6 heteroatoms. The number of carboxylic acids is 1. The highest BCUT2D eigenvalue weighted by atomic mass is 16.4. The van der Waals surface area contributed by atoms with Gasteiger partial charge in [0, 0.05) is 25.2 Å². The lowest BCUT2D eigenvalue weighted by molar-refractivity contribution is -0.131. The molecule has 0 aliphatic heterocycles. The van der Waals surface area contributed by atoms with E-state index in [0.29, 0.717) is 25.1 Å². The maximum absolute atomic E-state index is 11.8. The minimum Gasteiger partial charge on any atom is -0.478 e. The maximum atomic E-state index is 11.8. The average Bonchev–Trinajstić information content (AvgIpc) is 3.09. The van der Waals surface area contributed by atoms with Crippen LogP contribution < -0.4 is 5.32 Å². The first-order valence-corrected chi connectivity index (χ1v) is 6.03. The predicted octanol–water partition coefficient (Wildman–Crippen LogP) is 0.985. The summed E-state index contributed by atoms with van der Waals surface area (Å²) in [6.45, 7) is 3.22. The molecule has 0 radical (unpaired) electrons. The van der Waals surface area contributed by atoms with Crippen molar-refractivity contribution in [1.29, 1.82) is 0 Å². The number of hydrogen-bond acceptors (Lipinski definition) is 3. The van der Waals surface area contributed by atoms with E-state index in [4.69, 9.17) is 5.11 Å². The normalized spacial score (nSPS) is 14.5. The van der Waals surface area contributed by atoms with Gasteiger partial charge in [-0.1, -0.05) is 6.92 Å². The zero-order valence-corrected chi connectivity index (χ0v) is 10.4. The Balaban J connectivity index is 2.43. The van der Waals surface area contributed by atoms with Crippen molar-refractivity contribution in [3.8, 4) is 0 Å². The van der Waals surface area contributed by atoms with Crippen LogP contribution in [0.3, 0.4) is 0 Å². The van der Waals surface area contributed by atoms with Crippen molar-refractivity contribution in [3.63, 3.8) is 0 Å². The fourth-order valence-electron chi connectivity index (χ4n) is 1.53. The Bertz CT molecular complexity index is 361. The van der Waals surface area contributed by atoms with Crippen LogP contribution in [0.25, 0.3) is 0 Å². The molecule has 0 aromatic heterocycles. The molecular formula is C12H18N2O4. The van der Waals surface area contributed by atoms with Gasteiger partial charge >= 0.3 is 12.0 Å². The van der Waals surface area contributed by atoms with E-state index < -0.39 is 17.9 Å². The largest absolute Gasteiger partial charge is 0.478 e. The molecule has 0 aromatic carbocycles. The van der Waals surface area contributed by atoms with Gasteiger partial charge in [0.05, 0.1) is 0 Å². The van der Waals surface area contributed by atoms with Gasteiger partial charge in [0.1, 0.15) is 0 Å². The molecule has 6 nitrogen and oxygen atoms in total. The number of hydrogen-bond donors (Lipinski definition) is 2. The Hall–Kier alpha value is -1.85. The predicted molar refractivity (Wildman–Crippen MR) is 64.9 cm³/mol. The van der Waals surface area contributed by atoms with E-state index in [1.165, 1.54) is 0 Å². The van der Waals surface area contributed by atoms with Crippen molar-refractivity contribution in [2.75, 3.05) is 13.1 Å². The van der Waals surface area contributed by atoms with Gasteiger partial charge in [0.2, 0.25) is 0 Å². The first-order chi connectivity index (χ1) is 8.52. The molecule has 100 valence electrons. The van der Waals surface area contributed by atoms with Crippen LogP contribution >= 0.6 is 0 Å². The molecule has 0 unspecified atom stereocenters. The van der Waals surface area contributed by atoms with Crippen LogP contribution in [0.5, 0.6) is 0 Å². The van der Waals surface area contributed by atoms with Gasteiger partial charge in [-0.25, -0.2) is 9.59 Å². The Kier molecular flexibility index (Phi) is 5.35. The van der Waals surface area contributed by atoms with Gasteiger partial charge in [0.15, 0.2) is 0 Å². The third-order valence-corrected chi connectivity index (χ3v) is 2.56. The Morgan fingerprint density at radius 1 is 1.33 bits per heavy atom. The van der Waals surface area contributed by atoms with Crippen LogP contribution in [0.1, 0.15) is 26.2 Å². The Morgan fingerprint density at radius 3 is 2.50 bits per heavy atom. The third kappa shape index (κ3) is 5.47. The molecule has 3 amide bonds. The summed E-state index contributed by atoms with van der Waals surface area (Å²) in [6, 6.07) is -0.455. The van der Waals surface area contributed by atoms with Crippen molar-refractivity contribution in [2.24, 2.45) is 5.92 Å². The number of amides is 3. The number of carbonyl (C=O) groups is 3. The zero-order chi connectivity index (χ0) is 13.5. The van der Waals surface area contributed by atoms with E-state index in [1.807, 2.05) is 6.92 Å². The Morgan fingerprint density at radius 2 is 2.00 bits per heavy atom. The third-order valence-electron chi connectivity index (χ3n) is 2.56. The number of nitrogens with one attached hydrogen (secondary N) is 1. The van der Waals surface area contributed by atoms with E-state index in [9.17, 15) is 14.4 Å². The van der Waals surface area contributed by atoms with Gasteiger partial charge in [-0.15, -0.1) is 0 Å². The molecule has 1 saturated carbocycles. The second kappa shape index (κ2) is 6.78. The standard InChI is InChI=1S/C12H18N2O4/c1-2-7-14(8-9-3-4-9)12(18)13-10(15)5-6-11(16)17/h5-6,9H,2-4,7-8H2,1H3,(H,16,17)(H,13,15,18)/b6-5+. The molecule has 1 rings (SSSR count). The Labute approximate surface area is 106 Å². The van der Waals surface area contributed by atoms with Crippen LogP contribution in [0.15, 0.2) is 12.2 Å². The summed E-state index contributed by atoms with van der Waals surface area (Å²) in [5, 5.41) is 10.5. The zero-order valence-electron chi connectivity index (χ0n) is 10.4. The SMILES string of the molecule is CCCN(CC1CC1)C(=O)NC(=O)/C=C/C(=O)O. The molecule has 0 saturated heterocycles. The molecule has 0 bridgehead atoms. The van der Waals surface area contributed by atoms with Crippen molar-refractivity contribution >= 4 is 17.9 Å². The van der Waals surface area contributed by atoms with E-state index >= 15 is 0 Å². The minimum atomic E-state index is -1.22. The highest BCUT2D eigenvalue weighted by Crippen LogP contribution is 2.29. The second-order valence-electron chi connectivity index (χ2n) is 4.36. The van der Waals surface area contributed by atoms with Crippen LogP contribution in [-0.4, -0.2) is 41.0 Å². The highest BCUT2D eigenvalue weighted by Gasteiger charge is 2.26. The first-order valence-electron chi connectivity index (χ1n) is 6.03. The fourth-order valence-corrected chi connectivity index (χ4v) is 1.53.